The van der Waals surface area contributed by atoms with Crippen LogP contribution in [0.4, 0.5) is 28.0 Å². The highest BCUT2D eigenvalue weighted by molar-refractivity contribution is 7.99. The molecule has 0 radical (unpaired) electrons. The number of alkyl halides is 3. The van der Waals surface area contributed by atoms with E-state index in [0.717, 1.165) is 29.8 Å². The molecule has 0 aromatic heterocycles. The number of ketones is 1. The molecular weight excluding hydrogens is 484 g/mol. The quantitative estimate of drug-likeness (QED) is 0.429. The molecule has 1 aliphatic rings. The molecule has 2 aromatic rings. The Kier molecular flexibility index (Phi) is 7.08. The van der Waals surface area contributed by atoms with Gasteiger partial charge in [0, 0.05) is 17.6 Å². The monoisotopic (exact) mass is 500 g/mol. The van der Waals surface area contributed by atoms with Gasteiger partial charge in [-0.25, -0.2) is 9.18 Å². The van der Waals surface area contributed by atoms with Gasteiger partial charge < -0.3 is 4.74 Å². The van der Waals surface area contributed by atoms with Gasteiger partial charge in [0.2, 0.25) is 0 Å². The first-order valence-corrected chi connectivity index (χ1v) is 10.5. The number of ether oxygens (including phenoxy) is 1. The van der Waals surface area contributed by atoms with E-state index in [-0.39, 0.29) is 28.8 Å². The third-order valence-electron chi connectivity index (χ3n) is 4.46. The lowest BCUT2D eigenvalue weighted by molar-refractivity contribution is -0.119. The number of urea groups is 1. The molecule has 5 nitrogen and oxygen atoms in total. The molecule has 33 heavy (non-hydrogen) atoms. The fourth-order valence-electron chi connectivity index (χ4n) is 2.94. The summed E-state index contributed by atoms with van der Waals surface area (Å²) in [6, 6.07) is 7.82. The topological polar surface area (TPSA) is 49.9 Å². The van der Waals surface area contributed by atoms with Crippen molar-refractivity contribution in [1.29, 1.82) is 0 Å². The fourth-order valence-corrected chi connectivity index (χ4v) is 4.15. The van der Waals surface area contributed by atoms with E-state index in [0.29, 0.717) is 26.5 Å². The molecule has 3 rings (SSSR count). The highest BCUT2D eigenvalue weighted by Crippen LogP contribution is 2.43. The molecule has 174 valence electrons. The second kappa shape index (κ2) is 9.48. The molecule has 0 saturated carbocycles. The lowest BCUT2D eigenvalue weighted by Gasteiger charge is -2.35. The minimum atomic E-state index is -4.79. The standard InChI is InChI=1S/C22H17ClF4N2O3S/c1-12-8-20(22(25,26)27)28(3)21(31)29(12)16-10-19(14(23)9-15(16)24)33-18-7-5-4-6-17(18)32-11-13(2)30/h4-10H,1,11H2,2-3H3. The zero-order valence-corrected chi connectivity index (χ0v) is 18.9. The molecule has 0 N–H and O–H groups in total. The van der Waals surface area contributed by atoms with Gasteiger partial charge in [0.05, 0.1) is 15.6 Å². The number of hydrogen-bond donors (Lipinski definition) is 0. The van der Waals surface area contributed by atoms with Crippen LogP contribution >= 0.6 is 23.4 Å². The number of amides is 2. The molecule has 0 unspecified atom stereocenters. The summed E-state index contributed by atoms with van der Waals surface area (Å²) in [5, 5.41) is 0.0116. The molecule has 1 heterocycles. The predicted octanol–water partition coefficient (Wildman–Crippen LogP) is 6.43. The van der Waals surface area contributed by atoms with E-state index in [1.165, 1.54) is 13.0 Å². The summed E-state index contributed by atoms with van der Waals surface area (Å²) in [5.41, 5.74) is -1.88. The molecule has 0 spiro atoms. The van der Waals surface area contributed by atoms with Crippen LogP contribution < -0.4 is 9.64 Å². The smallest absolute Gasteiger partial charge is 0.431 e. The minimum absolute atomic E-state index is 0.0116. The van der Waals surface area contributed by atoms with Crippen LogP contribution in [0.3, 0.4) is 0 Å². The molecule has 0 saturated heterocycles. The minimum Gasteiger partial charge on any atom is -0.485 e. The molecule has 1 aliphatic heterocycles. The van der Waals surface area contributed by atoms with Gasteiger partial charge in [-0.2, -0.15) is 13.2 Å². The third-order valence-corrected chi connectivity index (χ3v) is 6.00. The van der Waals surface area contributed by atoms with Crippen molar-refractivity contribution >= 4 is 40.9 Å². The van der Waals surface area contributed by atoms with Crippen molar-refractivity contribution in [1.82, 2.24) is 4.90 Å². The van der Waals surface area contributed by atoms with Crippen molar-refractivity contribution in [2.75, 3.05) is 18.6 Å². The van der Waals surface area contributed by atoms with Crippen LogP contribution in [0.25, 0.3) is 0 Å². The number of nitrogens with zero attached hydrogens (tertiary/aromatic N) is 2. The van der Waals surface area contributed by atoms with Gasteiger partial charge in [0.25, 0.3) is 0 Å². The number of allylic oxidation sites excluding steroid dienone is 2. The van der Waals surface area contributed by atoms with Crippen molar-refractivity contribution in [3.8, 4) is 5.75 Å². The Bertz CT molecular complexity index is 1170. The van der Waals surface area contributed by atoms with Gasteiger partial charge in [-0.3, -0.25) is 14.6 Å². The summed E-state index contributed by atoms with van der Waals surface area (Å²) in [5.74, 6) is -0.720. The van der Waals surface area contributed by atoms with Crippen LogP contribution in [0.15, 0.2) is 70.2 Å². The van der Waals surface area contributed by atoms with Crippen molar-refractivity contribution in [3.05, 3.63) is 71.3 Å². The van der Waals surface area contributed by atoms with Crippen LogP contribution in [-0.4, -0.2) is 36.5 Å². The number of carbonyl (C=O) groups excluding carboxylic acids is 2. The highest BCUT2D eigenvalue weighted by atomic mass is 35.5. The molecule has 0 aliphatic carbocycles. The molecular formula is C22H17ClF4N2O3S. The van der Waals surface area contributed by atoms with E-state index in [9.17, 15) is 27.2 Å². The van der Waals surface area contributed by atoms with Crippen molar-refractivity contribution < 1.29 is 31.9 Å². The lowest BCUT2D eigenvalue weighted by Crippen LogP contribution is -2.46. The third kappa shape index (κ3) is 5.33. The fraction of sp³-hybridized carbons (Fsp3) is 0.182. The van der Waals surface area contributed by atoms with Crippen molar-refractivity contribution in [3.63, 3.8) is 0 Å². The predicted molar refractivity (Wildman–Crippen MR) is 117 cm³/mol. The van der Waals surface area contributed by atoms with Crippen LogP contribution in [0.2, 0.25) is 5.02 Å². The Morgan fingerprint density at radius 2 is 1.88 bits per heavy atom. The summed E-state index contributed by atoms with van der Waals surface area (Å²) in [6.07, 6.45) is -4.13. The van der Waals surface area contributed by atoms with E-state index >= 15 is 0 Å². The highest BCUT2D eigenvalue weighted by Gasteiger charge is 2.43. The first-order chi connectivity index (χ1) is 15.4. The Balaban J connectivity index is 2.00. The zero-order chi connectivity index (χ0) is 24.5. The average molecular weight is 501 g/mol. The number of Topliss-reactive ketones (excluding diaryl/α,β-unsaturated/α-hetero) is 1. The number of benzene rings is 2. The van der Waals surface area contributed by atoms with Crippen molar-refractivity contribution in [2.24, 2.45) is 0 Å². The Morgan fingerprint density at radius 3 is 2.52 bits per heavy atom. The molecule has 2 aromatic carbocycles. The largest absolute Gasteiger partial charge is 0.485 e. The summed E-state index contributed by atoms with van der Waals surface area (Å²) in [6.45, 7) is 4.72. The van der Waals surface area contributed by atoms with E-state index in [4.69, 9.17) is 16.3 Å². The summed E-state index contributed by atoms with van der Waals surface area (Å²) < 4.78 is 59.9. The Morgan fingerprint density at radius 1 is 1.21 bits per heavy atom. The summed E-state index contributed by atoms with van der Waals surface area (Å²) >= 11 is 7.28. The van der Waals surface area contributed by atoms with Crippen LogP contribution in [0, 0.1) is 5.82 Å². The van der Waals surface area contributed by atoms with Gasteiger partial charge in [-0.05, 0) is 37.3 Å². The van der Waals surface area contributed by atoms with Gasteiger partial charge in [0.15, 0.2) is 5.78 Å². The van der Waals surface area contributed by atoms with E-state index < -0.39 is 23.7 Å². The zero-order valence-electron chi connectivity index (χ0n) is 17.4. The van der Waals surface area contributed by atoms with E-state index in [2.05, 4.69) is 6.58 Å². The molecule has 0 fully saturated rings. The number of anilines is 1. The van der Waals surface area contributed by atoms with E-state index in [1.54, 1.807) is 24.3 Å². The van der Waals surface area contributed by atoms with Gasteiger partial charge in [0.1, 0.15) is 23.9 Å². The summed E-state index contributed by atoms with van der Waals surface area (Å²) in [4.78, 5) is 25.9. The number of para-hydroxylation sites is 1. The maximum absolute atomic E-state index is 14.8. The molecule has 11 heteroatoms. The van der Waals surface area contributed by atoms with Gasteiger partial charge in [-0.1, -0.05) is 42.1 Å². The van der Waals surface area contributed by atoms with Crippen LogP contribution in [0.5, 0.6) is 5.75 Å². The first kappa shape index (κ1) is 24.7. The van der Waals surface area contributed by atoms with Gasteiger partial charge in [-0.15, -0.1) is 0 Å². The van der Waals surface area contributed by atoms with Crippen LogP contribution in [-0.2, 0) is 4.79 Å². The Labute approximate surface area is 196 Å². The molecule has 0 bridgehead atoms. The van der Waals surface area contributed by atoms with Gasteiger partial charge >= 0.3 is 12.2 Å². The number of halogens is 5. The average Bonchev–Trinajstić information content (AvgIpc) is 2.72. The van der Waals surface area contributed by atoms with Crippen LogP contribution in [0.1, 0.15) is 6.92 Å². The van der Waals surface area contributed by atoms with E-state index in [1.807, 2.05) is 0 Å². The molecule has 2 amide bonds. The normalized spacial score (nSPS) is 14.5. The Hall–Kier alpha value is -2.98. The SMILES string of the molecule is C=C1C=C(C(F)(F)F)N(C)C(=O)N1c1cc(Sc2ccccc2OCC(C)=O)c(Cl)cc1F. The maximum atomic E-state index is 14.8. The second-order valence-corrected chi connectivity index (χ2v) is 8.46. The molecule has 0 atom stereocenters. The maximum Gasteiger partial charge on any atom is 0.431 e. The number of rotatable bonds is 6. The number of carbonyl (C=O) groups is 2. The second-order valence-electron chi connectivity index (χ2n) is 6.97. The first-order valence-electron chi connectivity index (χ1n) is 9.34. The lowest BCUT2D eigenvalue weighted by atomic mass is 10.2. The van der Waals surface area contributed by atoms with Crippen molar-refractivity contribution in [2.45, 2.75) is 22.9 Å². The summed E-state index contributed by atoms with van der Waals surface area (Å²) in [7, 11) is 0.938. The number of hydrogen-bond acceptors (Lipinski definition) is 4.